The lowest BCUT2D eigenvalue weighted by molar-refractivity contribution is -0.147. The normalized spacial score (nSPS) is 13.5. The summed E-state index contributed by atoms with van der Waals surface area (Å²) in [6.45, 7) is 5.86. The van der Waals surface area contributed by atoms with Crippen LogP contribution < -0.4 is 10.6 Å². The number of amides is 2. The Morgan fingerprint density at radius 3 is 2.43 bits per heavy atom. The van der Waals surface area contributed by atoms with E-state index in [1.165, 1.54) is 0 Å². The van der Waals surface area contributed by atoms with Crippen molar-refractivity contribution in [3.05, 3.63) is 0 Å². The van der Waals surface area contributed by atoms with Gasteiger partial charge in [0.25, 0.3) is 0 Å². The topological polar surface area (TPSA) is 96.9 Å². The molecule has 0 aliphatic carbocycles. The lowest BCUT2D eigenvalue weighted by Crippen LogP contribution is -2.44. The van der Waals surface area contributed by atoms with Crippen LogP contribution in [0, 0.1) is 5.41 Å². The summed E-state index contributed by atoms with van der Waals surface area (Å²) < 4.78 is 10.1. The minimum atomic E-state index is -0.924. The van der Waals surface area contributed by atoms with Gasteiger partial charge in [0, 0.05) is 26.8 Å². The largest absolute Gasteiger partial charge is 0.481 e. The Morgan fingerprint density at radius 2 is 1.86 bits per heavy atom. The van der Waals surface area contributed by atoms with Crippen LogP contribution in [0.3, 0.4) is 0 Å². The molecule has 2 amide bonds. The van der Waals surface area contributed by atoms with Crippen molar-refractivity contribution in [1.29, 1.82) is 0 Å². The Balaban J connectivity index is 3.61. The van der Waals surface area contributed by atoms with Crippen molar-refractivity contribution in [3.63, 3.8) is 0 Å². The molecule has 0 heterocycles. The van der Waals surface area contributed by atoms with Gasteiger partial charge in [-0.3, -0.25) is 4.79 Å². The third-order valence-electron chi connectivity index (χ3n) is 3.37. The van der Waals surface area contributed by atoms with E-state index in [0.717, 1.165) is 12.8 Å². The monoisotopic (exact) mass is 304 g/mol. The zero-order chi connectivity index (χ0) is 16.1. The van der Waals surface area contributed by atoms with Gasteiger partial charge in [-0.15, -0.1) is 0 Å². The SMILES string of the molecule is CCC(C)(CNC(=O)NCCCCOCCOC)C(=O)O. The predicted octanol–water partition coefficient (Wildman–Crippen LogP) is 1.23. The van der Waals surface area contributed by atoms with E-state index in [2.05, 4.69) is 10.6 Å². The smallest absolute Gasteiger partial charge is 0.314 e. The van der Waals surface area contributed by atoms with Crippen LogP contribution >= 0.6 is 0 Å². The highest BCUT2D eigenvalue weighted by Crippen LogP contribution is 2.19. The lowest BCUT2D eigenvalue weighted by Gasteiger charge is -2.23. The highest BCUT2D eigenvalue weighted by atomic mass is 16.5. The molecular weight excluding hydrogens is 276 g/mol. The number of carbonyl (C=O) groups excluding carboxylic acids is 1. The Kier molecular flexibility index (Phi) is 10.6. The van der Waals surface area contributed by atoms with E-state index in [4.69, 9.17) is 14.6 Å². The number of carboxylic acids is 1. The van der Waals surface area contributed by atoms with E-state index < -0.39 is 11.4 Å². The van der Waals surface area contributed by atoms with Gasteiger partial charge in [0.1, 0.15) is 0 Å². The molecule has 0 bridgehead atoms. The van der Waals surface area contributed by atoms with E-state index in [1.807, 2.05) is 0 Å². The quantitative estimate of drug-likeness (QED) is 0.471. The average molecular weight is 304 g/mol. The molecule has 7 nitrogen and oxygen atoms in total. The molecule has 0 aromatic carbocycles. The Labute approximate surface area is 126 Å². The van der Waals surface area contributed by atoms with Gasteiger partial charge in [-0.25, -0.2) is 4.79 Å². The molecule has 0 rings (SSSR count). The second-order valence-corrected chi connectivity index (χ2v) is 5.14. The number of hydrogen-bond donors (Lipinski definition) is 3. The molecule has 0 radical (unpaired) electrons. The van der Waals surface area contributed by atoms with Crippen LogP contribution in [0.25, 0.3) is 0 Å². The summed E-state index contributed by atoms with van der Waals surface area (Å²) >= 11 is 0. The number of urea groups is 1. The van der Waals surface area contributed by atoms with E-state index in [9.17, 15) is 9.59 Å². The van der Waals surface area contributed by atoms with Crippen molar-refractivity contribution in [1.82, 2.24) is 10.6 Å². The standard InChI is InChI=1S/C14H28N2O5/c1-4-14(2,12(17)18)11-16-13(19)15-7-5-6-8-21-10-9-20-3/h4-11H2,1-3H3,(H,17,18)(H2,15,16,19). The van der Waals surface area contributed by atoms with E-state index in [0.29, 0.717) is 32.8 Å². The number of carboxylic acid groups (broad SMARTS) is 1. The number of methoxy groups -OCH3 is 1. The minimum absolute atomic E-state index is 0.116. The first-order chi connectivity index (χ1) is 9.96. The van der Waals surface area contributed by atoms with Crippen molar-refractivity contribution in [2.75, 3.05) is 40.0 Å². The third-order valence-corrected chi connectivity index (χ3v) is 3.37. The number of rotatable bonds is 12. The van der Waals surface area contributed by atoms with E-state index in [-0.39, 0.29) is 12.6 Å². The Hall–Kier alpha value is -1.34. The third kappa shape index (κ3) is 9.25. The minimum Gasteiger partial charge on any atom is -0.481 e. The fourth-order valence-corrected chi connectivity index (χ4v) is 1.47. The molecule has 0 aliphatic rings. The van der Waals surface area contributed by atoms with Crippen LogP contribution in [0.5, 0.6) is 0 Å². The van der Waals surface area contributed by atoms with Crippen LogP contribution in [0.1, 0.15) is 33.1 Å². The fourth-order valence-electron chi connectivity index (χ4n) is 1.47. The van der Waals surface area contributed by atoms with Crippen LogP contribution in [0.15, 0.2) is 0 Å². The zero-order valence-corrected chi connectivity index (χ0v) is 13.2. The molecule has 0 aromatic rings. The summed E-state index contributed by atoms with van der Waals surface area (Å²) in [6, 6.07) is -0.337. The van der Waals surface area contributed by atoms with Crippen LogP contribution in [-0.2, 0) is 14.3 Å². The van der Waals surface area contributed by atoms with Gasteiger partial charge in [0.15, 0.2) is 0 Å². The number of ether oxygens (including phenoxy) is 2. The fraction of sp³-hybridized carbons (Fsp3) is 0.857. The molecule has 0 saturated heterocycles. The molecular formula is C14H28N2O5. The molecule has 0 aliphatic heterocycles. The van der Waals surface area contributed by atoms with Gasteiger partial charge in [-0.2, -0.15) is 0 Å². The second kappa shape index (κ2) is 11.3. The van der Waals surface area contributed by atoms with E-state index in [1.54, 1.807) is 21.0 Å². The second-order valence-electron chi connectivity index (χ2n) is 5.14. The van der Waals surface area contributed by atoms with Gasteiger partial charge in [0.2, 0.25) is 0 Å². The molecule has 0 aromatic heterocycles. The summed E-state index contributed by atoms with van der Waals surface area (Å²) in [7, 11) is 1.62. The Morgan fingerprint density at radius 1 is 1.14 bits per heavy atom. The summed E-state index contributed by atoms with van der Waals surface area (Å²) in [6.07, 6.45) is 2.12. The van der Waals surface area contributed by atoms with Crippen molar-refractivity contribution in [3.8, 4) is 0 Å². The molecule has 21 heavy (non-hydrogen) atoms. The van der Waals surface area contributed by atoms with Crippen molar-refractivity contribution in [2.45, 2.75) is 33.1 Å². The summed E-state index contributed by atoms with van der Waals surface area (Å²) in [5.74, 6) is -0.904. The van der Waals surface area contributed by atoms with E-state index >= 15 is 0 Å². The number of aliphatic carboxylic acids is 1. The molecule has 7 heteroatoms. The molecule has 3 N–H and O–H groups in total. The van der Waals surface area contributed by atoms with Gasteiger partial charge >= 0.3 is 12.0 Å². The van der Waals surface area contributed by atoms with Gasteiger partial charge < -0.3 is 25.2 Å². The first kappa shape index (κ1) is 19.7. The highest BCUT2D eigenvalue weighted by Gasteiger charge is 2.31. The molecule has 1 atom stereocenters. The zero-order valence-electron chi connectivity index (χ0n) is 13.2. The lowest BCUT2D eigenvalue weighted by atomic mass is 9.88. The number of hydrogen-bond acceptors (Lipinski definition) is 4. The Bertz CT molecular complexity index is 312. The van der Waals surface area contributed by atoms with Gasteiger partial charge in [0.05, 0.1) is 18.6 Å². The first-order valence-electron chi connectivity index (χ1n) is 7.28. The molecule has 1 unspecified atom stereocenters. The maximum Gasteiger partial charge on any atom is 0.314 e. The number of carbonyl (C=O) groups is 2. The molecule has 0 saturated carbocycles. The highest BCUT2D eigenvalue weighted by molar-refractivity contribution is 5.77. The maximum absolute atomic E-state index is 11.5. The van der Waals surface area contributed by atoms with Crippen LogP contribution in [-0.4, -0.2) is 57.1 Å². The predicted molar refractivity (Wildman–Crippen MR) is 79.4 cm³/mol. The summed E-state index contributed by atoms with van der Waals surface area (Å²) in [5.41, 5.74) is -0.924. The molecule has 0 spiro atoms. The average Bonchev–Trinajstić information content (AvgIpc) is 2.47. The molecule has 124 valence electrons. The van der Waals surface area contributed by atoms with Crippen molar-refractivity contribution < 1.29 is 24.2 Å². The summed E-state index contributed by atoms with van der Waals surface area (Å²) in [4.78, 5) is 22.6. The van der Waals surface area contributed by atoms with Crippen molar-refractivity contribution >= 4 is 12.0 Å². The van der Waals surface area contributed by atoms with Crippen LogP contribution in [0.4, 0.5) is 4.79 Å². The maximum atomic E-state index is 11.5. The number of nitrogens with one attached hydrogen (secondary N) is 2. The first-order valence-corrected chi connectivity index (χ1v) is 7.28. The van der Waals surface area contributed by atoms with Crippen LogP contribution in [0.2, 0.25) is 0 Å². The van der Waals surface area contributed by atoms with Gasteiger partial charge in [-0.1, -0.05) is 6.92 Å². The molecule has 0 fully saturated rings. The van der Waals surface area contributed by atoms with Gasteiger partial charge in [-0.05, 0) is 26.2 Å². The van der Waals surface area contributed by atoms with Crippen molar-refractivity contribution in [2.24, 2.45) is 5.41 Å². The number of unbranched alkanes of at least 4 members (excludes halogenated alkanes) is 1. The summed E-state index contributed by atoms with van der Waals surface area (Å²) in [5, 5.41) is 14.4.